The molecule has 0 atom stereocenters. The van der Waals surface area contributed by atoms with Gasteiger partial charge in [-0.3, -0.25) is 9.69 Å². The minimum Gasteiger partial charge on any atom is -0.352 e. The molecule has 2 aromatic rings. The Morgan fingerprint density at radius 3 is 2.81 bits per heavy atom. The Kier molecular flexibility index (Phi) is 6.92. The zero-order valence-electron chi connectivity index (χ0n) is 16.4. The molecule has 0 aliphatic carbocycles. The molecular formula is C20H30N6O. The van der Waals surface area contributed by atoms with Crippen LogP contribution in [0, 0.1) is 12.8 Å². The molecule has 1 aliphatic rings. The van der Waals surface area contributed by atoms with Crippen molar-refractivity contribution in [1.82, 2.24) is 30.4 Å². The van der Waals surface area contributed by atoms with Gasteiger partial charge in [0.1, 0.15) is 0 Å². The van der Waals surface area contributed by atoms with Crippen LogP contribution in [0.5, 0.6) is 0 Å². The van der Waals surface area contributed by atoms with Crippen LogP contribution in [-0.2, 0) is 24.4 Å². The highest BCUT2D eigenvalue weighted by Crippen LogP contribution is 2.17. The maximum absolute atomic E-state index is 12.1. The summed E-state index contributed by atoms with van der Waals surface area (Å²) in [7, 11) is 0. The van der Waals surface area contributed by atoms with Crippen LogP contribution in [0.25, 0.3) is 0 Å². The Labute approximate surface area is 161 Å². The van der Waals surface area contributed by atoms with E-state index in [0.717, 1.165) is 43.4 Å². The second-order valence-corrected chi connectivity index (χ2v) is 7.58. The molecule has 7 nitrogen and oxygen atoms in total. The number of carbonyl (C=O) groups is 1. The Morgan fingerprint density at radius 1 is 1.26 bits per heavy atom. The number of amides is 1. The van der Waals surface area contributed by atoms with Crippen molar-refractivity contribution in [3.63, 3.8) is 0 Å². The summed E-state index contributed by atoms with van der Waals surface area (Å²) in [5.74, 6) is 1.78. The van der Waals surface area contributed by atoms with E-state index in [1.807, 2.05) is 22.9 Å². The maximum Gasteiger partial charge on any atom is 0.220 e. The largest absolute Gasteiger partial charge is 0.352 e. The zero-order valence-corrected chi connectivity index (χ0v) is 16.4. The number of tetrazole rings is 1. The van der Waals surface area contributed by atoms with E-state index in [4.69, 9.17) is 0 Å². The lowest BCUT2D eigenvalue weighted by atomic mass is 9.99. The highest BCUT2D eigenvalue weighted by molar-refractivity contribution is 5.75. The minimum absolute atomic E-state index is 0.0675. The van der Waals surface area contributed by atoms with Gasteiger partial charge in [-0.15, -0.1) is 5.10 Å². The Hall–Kier alpha value is -2.28. The van der Waals surface area contributed by atoms with Crippen LogP contribution in [0.2, 0.25) is 0 Å². The highest BCUT2D eigenvalue weighted by atomic mass is 16.1. The summed E-state index contributed by atoms with van der Waals surface area (Å²) in [4.78, 5) is 14.5. The number of likely N-dealkylation sites (tertiary alicyclic amines) is 1. The van der Waals surface area contributed by atoms with Gasteiger partial charge in [-0.25, -0.2) is 4.68 Å². The zero-order chi connectivity index (χ0) is 19.1. The lowest BCUT2D eigenvalue weighted by Crippen LogP contribution is -2.33. The number of nitrogens with zero attached hydrogens (tertiary/aromatic N) is 5. The fourth-order valence-corrected chi connectivity index (χ4v) is 3.41. The van der Waals surface area contributed by atoms with Crippen LogP contribution in [-0.4, -0.2) is 44.1 Å². The molecule has 27 heavy (non-hydrogen) atoms. The van der Waals surface area contributed by atoms with Gasteiger partial charge < -0.3 is 5.32 Å². The molecule has 1 N–H and O–H groups in total. The van der Waals surface area contributed by atoms with Crippen molar-refractivity contribution < 1.29 is 4.79 Å². The topological polar surface area (TPSA) is 75.9 Å². The molecule has 1 aromatic heterocycles. The molecule has 0 radical (unpaired) electrons. The average Bonchev–Trinajstić information content (AvgIpc) is 3.10. The molecule has 0 saturated carbocycles. The smallest absolute Gasteiger partial charge is 0.220 e. The molecule has 0 unspecified atom stereocenters. The van der Waals surface area contributed by atoms with Crippen LogP contribution in [0.15, 0.2) is 24.3 Å². The maximum atomic E-state index is 12.1. The number of aryl methyl sites for hydroxylation is 2. The Bertz CT molecular complexity index is 736. The molecule has 0 spiro atoms. The van der Waals surface area contributed by atoms with Gasteiger partial charge >= 0.3 is 0 Å². The normalized spacial score (nSPS) is 15.8. The average molecular weight is 371 g/mol. The van der Waals surface area contributed by atoms with Gasteiger partial charge in [-0.2, -0.15) is 0 Å². The van der Waals surface area contributed by atoms with Crippen molar-refractivity contribution in [2.24, 2.45) is 5.92 Å². The van der Waals surface area contributed by atoms with Crippen molar-refractivity contribution in [2.45, 2.75) is 59.2 Å². The molecule has 146 valence electrons. The molecule has 2 heterocycles. The first-order chi connectivity index (χ1) is 13.1. The first-order valence-electron chi connectivity index (χ1n) is 9.90. The van der Waals surface area contributed by atoms with Crippen molar-refractivity contribution in [2.75, 3.05) is 13.1 Å². The first-order valence-corrected chi connectivity index (χ1v) is 9.90. The predicted octanol–water partition coefficient (Wildman–Crippen LogP) is 2.31. The number of hydrogen-bond acceptors (Lipinski definition) is 5. The third-order valence-electron chi connectivity index (χ3n) is 5.36. The number of aromatic nitrogens is 4. The fraction of sp³-hybridized carbons (Fsp3) is 0.600. The van der Waals surface area contributed by atoms with E-state index in [-0.39, 0.29) is 5.91 Å². The predicted molar refractivity (Wildman–Crippen MR) is 104 cm³/mol. The summed E-state index contributed by atoms with van der Waals surface area (Å²) in [5, 5.41) is 15.1. The summed E-state index contributed by atoms with van der Waals surface area (Å²) < 4.78 is 1.84. The van der Waals surface area contributed by atoms with Crippen molar-refractivity contribution >= 4 is 5.91 Å². The highest BCUT2D eigenvalue weighted by Gasteiger charge is 2.18. The summed E-state index contributed by atoms with van der Waals surface area (Å²) in [6.07, 6.45) is 3.69. The molecule has 1 fully saturated rings. The summed E-state index contributed by atoms with van der Waals surface area (Å²) >= 11 is 0. The first kappa shape index (κ1) is 19.5. The number of benzene rings is 1. The standard InChI is InChI=1S/C20H30N6O/c1-16-9-12-25(13-10-16)15-19-22-23-24-26(19)11-5-8-20(27)21-14-18-7-4-3-6-17(18)2/h3-4,6-7,16H,5,8-15H2,1-2H3,(H,21,27). The number of rotatable bonds is 8. The SMILES string of the molecule is Cc1ccccc1CNC(=O)CCCn1nnnc1CN1CCC(C)CC1. The third kappa shape index (κ3) is 5.85. The molecular weight excluding hydrogens is 340 g/mol. The molecule has 1 aliphatic heterocycles. The monoisotopic (exact) mass is 370 g/mol. The van der Waals surface area contributed by atoms with Crippen LogP contribution in [0.4, 0.5) is 0 Å². The molecule has 1 saturated heterocycles. The number of piperidine rings is 1. The van der Waals surface area contributed by atoms with Gasteiger partial charge in [-0.05, 0) is 66.7 Å². The number of nitrogens with one attached hydrogen (secondary N) is 1. The van der Waals surface area contributed by atoms with E-state index in [1.165, 1.54) is 18.4 Å². The third-order valence-corrected chi connectivity index (χ3v) is 5.36. The summed E-state index contributed by atoms with van der Waals surface area (Å²) in [6, 6.07) is 8.11. The molecule has 0 bridgehead atoms. The van der Waals surface area contributed by atoms with Gasteiger partial charge in [0.2, 0.25) is 5.91 Å². The van der Waals surface area contributed by atoms with Gasteiger partial charge in [0.25, 0.3) is 0 Å². The van der Waals surface area contributed by atoms with Crippen molar-refractivity contribution in [3.05, 3.63) is 41.2 Å². The van der Waals surface area contributed by atoms with Crippen LogP contribution >= 0.6 is 0 Å². The van der Waals surface area contributed by atoms with Gasteiger partial charge in [0, 0.05) is 19.5 Å². The summed E-state index contributed by atoms with van der Waals surface area (Å²) in [6.45, 7) is 8.62. The molecule has 7 heteroatoms. The Balaban J connectivity index is 1.39. The fourth-order valence-electron chi connectivity index (χ4n) is 3.41. The van der Waals surface area contributed by atoms with Crippen LogP contribution < -0.4 is 5.32 Å². The van der Waals surface area contributed by atoms with E-state index in [9.17, 15) is 4.79 Å². The second-order valence-electron chi connectivity index (χ2n) is 7.58. The van der Waals surface area contributed by atoms with Gasteiger partial charge in [0.05, 0.1) is 6.54 Å². The molecule has 1 amide bonds. The van der Waals surface area contributed by atoms with Gasteiger partial charge in [-0.1, -0.05) is 31.2 Å². The van der Waals surface area contributed by atoms with Crippen LogP contribution in [0.3, 0.4) is 0 Å². The van der Waals surface area contributed by atoms with Crippen molar-refractivity contribution in [3.8, 4) is 0 Å². The number of carbonyl (C=O) groups excluding carboxylic acids is 1. The van der Waals surface area contributed by atoms with Gasteiger partial charge in [0.15, 0.2) is 5.82 Å². The van der Waals surface area contributed by atoms with E-state index in [2.05, 4.69) is 45.7 Å². The van der Waals surface area contributed by atoms with E-state index in [0.29, 0.717) is 19.5 Å². The van der Waals surface area contributed by atoms with E-state index >= 15 is 0 Å². The van der Waals surface area contributed by atoms with E-state index < -0.39 is 0 Å². The molecule has 3 rings (SSSR count). The Morgan fingerprint density at radius 2 is 2.04 bits per heavy atom. The summed E-state index contributed by atoms with van der Waals surface area (Å²) in [5.41, 5.74) is 2.35. The lowest BCUT2D eigenvalue weighted by molar-refractivity contribution is -0.121. The lowest BCUT2D eigenvalue weighted by Gasteiger charge is -2.29. The van der Waals surface area contributed by atoms with Crippen molar-refractivity contribution in [1.29, 1.82) is 0 Å². The number of hydrogen-bond donors (Lipinski definition) is 1. The second kappa shape index (κ2) is 9.60. The van der Waals surface area contributed by atoms with Crippen LogP contribution in [0.1, 0.15) is 49.6 Å². The molecule has 1 aromatic carbocycles. The minimum atomic E-state index is 0.0675. The quantitative estimate of drug-likeness (QED) is 0.772. The van der Waals surface area contributed by atoms with E-state index in [1.54, 1.807) is 0 Å².